The van der Waals surface area contributed by atoms with Crippen molar-refractivity contribution in [2.75, 3.05) is 7.05 Å². The average molecular weight is 493 g/mol. The molecule has 0 radical (unpaired) electrons. The molecule has 2 aliphatic rings. The van der Waals surface area contributed by atoms with Crippen LogP contribution in [0.5, 0.6) is 0 Å². The fraction of sp³-hybridized carbons (Fsp3) is 0.480. The minimum atomic E-state index is -4.19. The lowest BCUT2D eigenvalue weighted by molar-refractivity contribution is 0.0737. The maximum atomic E-state index is 14.8. The van der Waals surface area contributed by atoms with Crippen LogP contribution >= 0.6 is 11.6 Å². The maximum absolute atomic E-state index is 14.8. The second-order valence-electron chi connectivity index (χ2n) is 10.3. The molecule has 8 heteroatoms. The van der Waals surface area contributed by atoms with Gasteiger partial charge in [0.1, 0.15) is 10.7 Å². The molecule has 1 N–H and O–H groups in total. The standard InChI is InChI=1S/C25H30ClFN2O3S/c1-24(2)17-10-11-25(3,14-17)23(24)28-22(30)18-12-21(20(27)13-19(18)26)33(31,32)29(4)15-16-8-6-5-7-9-16/h5-9,12-13,17,23H,10-11,14-15H2,1-4H3,(H,28,30)/t17-,23+,25-/m1/s1. The average Bonchev–Trinajstić information content (AvgIpc) is 3.22. The summed E-state index contributed by atoms with van der Waals surface area (Å²) in [5.74, 6) is -0.934. The minimum Gasteiger partial charge on any atom is -0.348 e. The third-order valence-electron chi connectivity index (χ3n) is 7.75. The van der Waals surface area contributed by atoms with E-state index in [4.69, 9.17) is 11.6 Å². The van der Waals surface area contributed by atoms with Crippen LogP contribution in [0.4, 0.5) is 4.39 Å². The number of amides is 1. The molecule has 2 fully saturated rings. The van der Waals surface area contributed by atoms with Gasteiger partial charge in [-0.05, 0) is 53.7 Å². The second-order valence-corrected chi connectivity index (χ2v) is 12.8. The molecule has 0 aromatic heterocycles. The minimum absolute atomic E-state index is 0.0128. The van der Waals surface area contributed by atoms with Crippen molar-refractivity contribution in [2.24, 2.45) is 16.7 Å². The fourth-order valence-corrected chi connectivity index (χ4v) is 7.33. The summed E-state index contributed by atoms with van der Waals surface area (Å²) in [6.45, 7) is 6.58. The van der Waals surface area contributed by atoms with Gasteiger partial charge in [-0.2, -0.15) is 4.31 Å². The summed E-state index contributed by atoms with van der Waals surface area (Å²) >= 11 is 6.22. The number of carbonyl (C=O) groups is 1. The van der Waals surface area contributed by atoms with E-state index >= 15 is 0 Å². The molecule has 2 saturated carbocycles. The van der Waals surface area contributed by atoms with Crippen molar-refractivity contribution in [3.8, 4) is 0 Å². The largest absolute Gasteiger partial charge is 0.348 e. The second kappa shape index (κ2) is 8.36. The zero-order valence-electron chi connectivity index (χ0n) is 19.4. The summed E-state index contributed by atoms with van der Waals surface area (Å²) in [5, 5.41) is 3.00. The number of nitrogens with one attached hydrogen (secondary N) is 1. The Bertz CT molecular complexity index is 1180. The highest BCUT2D eigenvalue weighted by Crippen LogP contribution is 2.62. The van der Waals surface area contributed by atoms with E-state index in [-0.39, 0.29) is 34.0 Å². The molecule has 0 aliphatic heterocycles. The predicted octanol–water partition coefficient (Wildman–Crippen LogP) is 5.24. The van der Waals surface area contributed by atoms with Crippen molar-refractivity contribution in [3.63, 3.8) is 0 Å². The van der Waals surface area contributed by atoms with Crippen molar-refractivity contribution in [3.05, 3.63) is 64.4 Å². The molecule has 178 valence electrons. The van der Waals surface area contributed by atoms with E-state index in [1.54, 1.807) is 24.3 Å². The van der Waals surface area contributed by atoms with Gasteiger partial charge in [-0.1, -0.05) is 62.7 Å². The third kappa shape index (κ3) is 4.19. The summed E-state index contributed by atoms with van der Waals surface area (Å²) in [4.78, 5) is 12.7. The number of fused-ring (bicyclic) bond motifs is 2. The highest BCUT2D eigenvalue weighted by molar-refractivity contribution is 7.89. The summed E-state index contributed by atoms with van der Waals surface area (Å²) < 4.78 is 42.2. The monoisotopic (exact) mass is 492 g/mol. The van der Waals surface area contributed by atoms with Gasteiger partial charge in [-0.15, -0.1) is 0 Å². The quantitative estimate of drug-likeness (QED) is 0.599. The number of sulfonamides is 1. The Hall–Kier alpha value is -1.96. The Morgan fingerprint density at radius 2 is 1.88 bits per heavy atom. The Morgan fingerprint density at radius 3 is 2.48 bits per heavy atom. The van der Waals surface area contributed by atoms with E-state index in [9.17, 15) is 17.6 Å². The molecule has 0 unspecified atom stereocenters. The lowest BCUT2D eigenvalue weighted by Gasteiger charge is -2.43. The van der Waals surface area contributed by atoms with Crippen molar-refractivity contribution in [2.45, 2.75) is 57.5 Å². The summed E-state index contributed by atoms with van der Waals surface area (Å²) in [6.07, 6.45) is 3.22. The molecular formula is C25H30ClFN2O3S. The highest BCUT2D eigenvalue weighted by atomic mass is 35.5. The van der Waals surface area contributed by atoms with Crippen molar-refractivity contribution in [1.82, 2.24) is 9.62 Å². The molecule has 5 nitrogen and oxygen atoms in total. The first-order chi connectivity index (χ1) is 15.4. The van der Waals surface area contributed by atoms with Gasteiger partial charge in [0, 0.05) is 19.6 Å². The molecule has 2 aliphatic carbocycles. The fourth-order valence-electron chi connectivity index (χ4n) is 5.87. The zero-order valence-corrected chi connectivity index (χ0v) is 20.9. The van der Waals surface area contributed by atoms with Crippen molar-refractivity contribution < 1.29 is 17.6 Å². The molecule has 4 rings (SSSR count). The normalized spacial score (nSPS) is 26.0. The van der Waals surface area contributed by atoms with Gasteiger partial charge in [0.2, 0.25) is 10.0 Å². The number of halogens is 2. The lowest BCUT2D eigenvalue weighted by atomic mass is 9.68. The molecule has 0 saturated heterocycles. The van der Waals surface area contributed by atoms with E-state index in [0.717, 1.165) is 41.3 Å². The van der Waals surface area contributed by atoms with Gasteiger partial charge < -0.3 is 5.32 Å². The maximum Gasteiger partial charge on any atom is 0.253 e. The first-order valence-corrected chi connectivity index (χ1v) is 13.0. The van der Waals surface area contributed by atoms with Gasteiger partial charge in [-0.25, -0.2) is 12.8 Å². The number of rotatable bonds is 6. The van der Waals surface area contributed by atoms with E-state index in [0.29, 0.717) is 5.92 Å². The first kappa shape index (κ1) is 24.2. The van der Waals surface area contributed by atoms with Crippen LogP contribution in [0.2, 0.25) is 5.02 Å². The Labute approximate surface area is 200 Å². The van der Waals surface area contributed by atoms with E-state index in [1.165, 1.54) is 7.05 Å². The molecule has 3 atom stereocenters. The van der Waals surface area contributed by atoms with Crippen LogP contribution in [0.15, 0.2) is 47.4 Å². The summed E-state index contributed by atoms with van der Waals surface area (Å²) in [7, 11) is -2.81. The number of hydrogen-bond donors (Lipinski definition) is 1. The van der Waals surface area contributed by atoms with E-state index in [2.05, 4.69) is 26.1 Å². The summed E-state index contributed by atoms with van der Waals surface area (Å²) in [5.41, 5.74) is 0.635. The third-order valence-corrected chi connectivity index (χ3v) is 9.88. The van der Waals surface area contributed by atoms with Crippen LogP contribution in [0.3, 0.4) is 0 Å². The Morgan fingerprint density at radius 1 is 1.21 bits per heavy atom. The SMILES string of the molecule is CN(Cc1ccccc1)S(=O)(=O)c1cc(C(=O)N[C@H]2C(C)(C)[C@@H]3CC[C@]2(C)C3)c(Cl)cc1F. The smallest absolute Gasteiger partial charge is 0.253 e. The van der Waals surface area contributed by atoms with Crippen molar-refractivity contribution in [1.29, 1.82) is 0 Å². The van der Waals surface area contributed by atoms with Gasteiger partial charge in [-0.3, -0.25) is 4.79 Å². The van der Waals surface area contributed by atoms with Crippen LogP contribution in [0, 0.1) is 22.6 Å². The predicted molar refractivity (Wildman–Crippen MR) is 127 cm³/mol. The molecule has 1 amide bonds. The number of benzene rings is 2. The Kier molecular flexibility index (Phi) is 6.13. The van der Waals surface area contributed by atoms with E-state index < -0.39 is 26.6 Å². The van der Waals surface area contributed by atoms with Crippen LogP contribution in [-0.2, 0) is 16.6 Å². The molecule has 2 aromatic rings. The van der Waals surface area contributed by atoms with Crippen LogP contribution in [0.25, 0.3) is 0 Å². The molecule has 0 spiro atoms. The molecule has 2 aromatic carbocycles. The number of carbonyl (C=O) groups excluding carboxylic acids is 1. The van der Waals surface area contributed by atoms with Crippen LogP contribution in [-0.4, -0.2) is 31.7 Å². The van der Waals surface area contributed by atoms with Gasteiger partial charge in [0.25, 0.3) is 5.91 Å². The number of hydrogen-bond acceptors (Lipinski definition) is 3. The first-order valence-electron chi connectivity index (χ1n) is 11.2. The summed E-state index contributed by atoms with van der Waals surface area (Å²) in [6, 6.07) is 10.9. The van der Waals surface area contributed by atoms with Crippen LogP contribution < -0.4 is 5.32 Å². The molecule has 33 heavy (non-hydrogen) atoms. The van der Waals surface area contributed by atoms with Crippen LogP contribution in [0.1, 0.15) is 56.0 Å². The Balaban J connectivity index is 1.62. The topological polar surface area (TPSA) is 66.5 Å². The van der Waals surface area contributed by atoms with Gasteiger partial charge in [0.15, 0.2) is 0 Å². The number of nitrogens with zero attached hydrogens (tertiary/aromatic N) is 1. The van der Waals surface area contributed by atoms with Gasteiger partial charge in [0.05, 0.1) is 10.6 Å². The molecule has 0 heterocycles. The van der Waals surface area contributed by atoms with Crippen molar-refractivity contribution >= 4 is 27.5 Å². The molecule has 2 bridgehead atoms. The molecular weight excluding hydrogens is 463 g/mol. The lowest BCUT2D eigenvalue weighted by Crippen LogP contribution is -2.52. The zero-order chi connectivity index (χ0) is 24.2. The van der Waals surface area contributed by atoms with Gasteiger partial charge >= 0.3 is 0 Å². The highest BCUT2D eigenvalue weighted by Gasteiger charge is 2.59. The van der Waals surface area contributed by atoms with E-state index in [1.807, 2.05) is 6.07 Å².